The SMILES string of the molecule is CCOc1c(OC)cc(C=CC(=O)c2cccc(Cl)c2)cc1OC. The van der Waals surface area contributed by atoms with Crippen LogP contribution in [0.2, 0.25) is 5.02 Å². The second-order valence-corrected chi connectivity index (χ2v) is 5.33. The number of ketones is 1. The molecule has 0 aliphatic heterocycles. The molecule has 0 radical (unpaired) electrons. The van der Waals surface area contributed by atoms with Crippen molar-refractivity contribution in [2.24, 2.45) is 0 Å². The largest absolute Gasteiger partial charge is 0.493 e. The molecule has 0 atom stereocenters. The Labute approximate surface area is 146 Å². The van der Waals surface area contributed by atoms with Crippen LogP contribution in [0.25, 0.3) is 6.08 Å². The van der Waals surface area contributed by atoms with Crippen LogP contribution in [0.5, 0.6) is 17.2 Å². The van der Waals surface area contributed by atoms with Crippen LogP contribution in [0.15, 0.2) is 42.5 Å². The van der Waals surface area contributed by atoms with E-state index in [0.717, 1.165) is 5.56 Å². The van der Waals surface area contributed by atoms with Crippen LogP contribution in [-0.4, -0.2) is 26.6 Å². The predicted octanol–water partition coefficient (Wildman–Crippen LogP) is 4.65. The fourth-order valence-corrected chi connectivity index (χ4v) is 2.38. The van der Waals surface area contributed by atoms with Gasteiger partial charge in [-0.2, -0.15) is 0 Å². The lowest BCUT2D eigenvalue weighted by Gasteiger charge is -2.14. The number of methoxy groups -OCH3 is 2. The maximum atomic E-state index is 12.2. The lowest BCUT2D eigenvalue weighted by Crippen LogP contribution is -1.99. The molecule has 126 valence electrons. The monoisotopic (exact) mass is 346 g/mol. The highest BCUT2D eigenvalue weighted by Crippen LogP contribution is 2.38. The molecule has 4 nitrogen and oxygen atoms in total. The highest BCUT2D eigenvalue weighted by molar-refractivity contribution is 6.31. The maximum absolute atomic E-state index is 12.2. The Kier molecular flexibility index (Phi) is 6.27. The fraction of sp³-hybridized carbons (Fsp3) is 0.211. The van der Waals surface area contributed by atoms with Gasteiger partial charge in [-0.25, -0.2) is 0 Å². The van der Waals surface area contributed by atoms with Crippen LogP contribution in [0.3, 0.4) is 0 Å². The molecule has 0 spiro atoms. The van der Waals surface area contributed by atoms with Crippen LogP contribution in [-0.2, 0) is 0 Å². The molecule has 0 saturated heterocycles. The summed E-state index contributed by atoms with van der Waals surface area (Å²) < 4.78 is 16.3. The van der Waals surface area contributed by atoms with Gasteiger partial charge in [-0.15, -0.1) is 0 Å². The highest BCUT2D eigenvalue weighted by Gasteiger charge is 2.13. The smallest absolute Gasteiger partial charge is 0.203 e. The van der Waals surface area contributed by atoms with Crippen molar-refractivity contribution in [2.45, 2.75) is 6.92 Å². The van der Waals surface area contributed by atoms with Gasteiger partial charge < -0.3 is 14.2 Å². The first-order chi connectivity index (χ1) is 11.6. The third kappa shape index (κ3) is 4.30. The van der Waals surface area contributed by atoms with Gasteiger partial charge in [0.25, 0.3) is 0 Å². The molecule has 0 aromatic heterocycles. The van der Waals surface area contributed by atoms with Crippen molar-refractivity contribution in [3.8, 4) is 17.2 Å². The number of hydrogen-bond acceptors (Lipinski definition) is 4. The van der Waals surface area contributed by atoms with Crippen molar-refractivity contribution in [1.29, 1.82) is 0 Å². The van der Waals surface area contributed by atoms with E-state index in [1.165, 1.54) is 6.08 Å². The van der Waals surface area contributed by atoms with Crippen molar-refractivity contribution < 1.29 is 19.0 Å². The molecule has 0 amide bonds. The molecular weight excluding hydrogens is 328 g/mol. The standard InChI is InChI=1S/C19H19ClO4/c1-4-24-19-17(22-2)10-13(11-18(19)23-3)8-9-16(21)14-6-5-7-15(20)12-14/h5-12H,4H2,1-3H3. The quantitative estimate of drug-likeness (QED) is 0.540. The Morgan fingerprint density at radius 1 is 1.12 bits per heavy atom. The van der Waals surface area contributed by atoms with Gasteiger partial charge in [-0.1, -0.05) is 29.8 Å². The minimum Gasteiger partial charge on any atom is -0.493 e. The Morgan fingerprint density at radius 2 is 1.79 bits per heavy atom. The Morgan fingerprint density at radius 3 is 2.33 bits per heavy atom. The summed E-state index contributed by atoms with van der Waals surface area (Å²) in [6, 6.07) is 10.4. The molecule has 0 fully saturated rings. The molecule has 2 aromatic carbocycles. The zero-order chi connectivity index (χ0) is 17.5. The predicted molar refractivity (Wildman–Crippen MR) is 95.5 cm³/mol. The van der Waals surface area contributed by atoms with E-state index in [4.69, 9.17) is 25.8 Å². The van der Waals surface area contributed by atoms with Crippen molar-refractivity contribution in [1.82, 2.24) is 0 Å². The lowest BCUT2D eigenvalue weighted by atomic mass is 10.1. The fourth-order valence-electron chi connectivity index (χ4n) is 2.19. The van der Waals surface area contributed by atoms with Gasteiger partial charge in [0.2, 0.25) is 5.75 Å². The Hall–Kier alpha value is -2.46. The van der Waals surface area contributed by atoms with Gasteiger partial charge in [0, 0.05) is 10.6 Å². The van der Waals surface area contributed by atoms with Gasteiger partial charge in [-0.05, 0) is 42.8 Å². The van der Waals surface area contributed by atoms with Crippen LogP contribution >= 0.6 is 11.6 Å². The lowest BCUT2D eigenvalue weighted by molar-refractivity contribution is 0.104. The summed E-state index contributed by atoms with van der Waals surface area (Å²) in [6.45, 7) is 2.38. The molecule has 0 aliphatic rings. The molecule has 24 heavy (non-hydrogen) atoms. The molecule has 0 bridgehead atoms. The molecular formula is C19H19ClO4. The molecule has 0 saturated carbocycles. The van der Waals surface area contributed by atoms with Crippen molar-refractivity contribution in [2.75, 3.05) is 20.8 Å². The van der Waals surface area contributed by atoms with Gasteiger partial charge in [-0.3, -0.25) is 4.79 Å². The number of carbonyl (C=O) groups is 1. The normalized spacial score (nSPS) is 10.7. The summed E-state index contributed by atoms with van der Waals surface area (Å²) >= 11 is 5.91. The number of rotatable bonds is 7. The van der Waals surface area contributed by atoms with Crippen LogP contribution in [0, 0.1) is 0 Å². The third-order valence-electron chi connectivity index (χ3n) is 3.31. The molecule has 0 heterocycles. The van der Waals surface area contributed by atoms with Gasteiger partial charge in [0.15, 0.2) is 17.3 Å². The van der Waals surface area contributed by atoms with Gasteiger partial charge >= 0.3 is 0 Å². The summed E-state index contributed by atoms with van der Waals surface area (Å²) in [4.78, 5) is 12.2. The van der Waals surface area contributed by atoms with Crippen LogP contribution < -0.4 is 14.2 Å². The van der Waals surface area contributed by atoms with E-state index in [-0.39, 0.29) is 5.78 Å². The Bertz CT molecular complexity index is 728. The van der Waals surface area contributed by atoms with Crippen molar-refractivity contribution in [3.05, 3.63) is 58.6 Å². The molecule has 2 aromatic rings. The third-order valence-corrected chi connectivity index (χ3v) is 3.54. The number of halogens is 1. The molecule has 2 rings (SSSR count). The van der Waals surface area contributed by atoms with Crippen LogP contribution in [0.4, 0.5) is 0 Å². The first-order valence-electron chi connectivity index (χ1n) is 7.45. The van der Waals surface area contributed by atoms with Gasteiger partial charge in [0.05, 0.1) is 20.8 Å². The second kappa shape index (κ2) is 8.41. The highest BCUT2D eigenvalue weighted by atomic mass is 35.5. The summed E-state index contributed by atoms with van der Waals surface area (Å²) in [7, 11) is 3.11. The minimum atomic E-state index is -0.135. The van der Waals surface area contributed by atoms with E-state index < -0.39 is 0 Å². The summed E-state index contributed by atoms with van der Waals surface area (Å²) in [5, 5.41) is 0.527. The number of ether oxygens (including phenoxy) is 3. The number of carbonyl (C=O) groups excluding carboxylic acids is 1. The van der Waals surface area contributed by atoms with E-state index in [1.807, 2.05) is 6.92 Å². The zero-order valence-electron chi connectivity index (χ0n) is 13.8. The van der Waals surface area contributed by atoms with E-state index >= 15 is 0 Å². The van der Waals surface area contributed by atoms with Crippen molar-refractivity contribution in [3.63, 3.8) is 0 Å². The topological polar surface area (TPSA) is 44.8 Å². The van der Waals surface area contributed by atoms with Crippen LogP contribution in [0.1, 0.15) is 22.8 Å². The van der Waals surface area contributed by atoms with Crippen molar-refractivity contribution >= 4 is 23.5 Å². The number of benzene rings is 2. The maximum Gasteiger partial charge on any atom is 0.203 e. The van der Waals surface area contributed by atoms with E-state index in [1.54, 1.807) is 56.7 Å². The van der Waals surface area contributed by atoms with Gasteiger partial charge in [0.1, 0.15) is 0 Å². The van der Waals surface area contributed by atoms with E-state index in [9.17, 15) is 4.79 Å². The first kappa shape index (κ1) is 17.9. The summed E-state index contributed by atoms with van der Waals surface area (Å²) in [6.07, 6.45) is 3.18. The summed E-state index contributed by atoms with van der Waals surface area (Å²) in [5.74, 6) is 1.50. The molecule has 5 heteroatoms. The number of allylic oxidation sites excluding steroid dienone is 1. The van der Waals surface area contributed by atoms with E-state index in [2.05, 4.69) is 0 Å². The molecule has 0 aliphatic carbocycles. The second-order valence-electron chi connectivity index (χ2n) is 4.90. The average molecular weight is 347 g/mol. The Balaban J connectivity index is 2.30. The number of hydrogen-bond donors (Lipinski definition) is 0. The minimum absolute atomic E-state index is 0.135. The average Bonchev–Trinajstić information content (AvgIpc) is 2.60. The summed E-state index contributed by atoms with van der Waals surface area (Å²) in [5.41, 5.74) is 1.30. The molecule has 0 N–H and O–H groups in total. The zero-order valence-corrected chi connectivity index (χ0v) is 14.6. The molecule has 0 unspecified atom stereocenters. The first-order valence-corrected chi connectivity index (χ1v) is 7.83. The van der Waals surface area contributed by atoms with E-state index in [0.29, 0.717) is 34.4 Å².